The number of fused-ring (bicyclic) bond motifs is 1. The van der Waals surface area contributed by atoms with Crippen molar-refractivity contribution in [2.45, 2.75) is 20.3 Å². The number of hydrogen-bond donors (Lipinski definition) is 2. The van der Waals surface area contributed by atoms with E-state index in [4.69, 9.17) is 10.5 Å². The van der Waals surface area contributed by atoms with Gasteiger partial charge in [0.05, 0.1) is 5.69 Å². The molecule has 0 saturated carbocycles. The third-order valence-corrected chi connectivity index (χ3v) is 2.71. The van der Waals surface area contributed by atoms with E-state index in [0.717, 1.165) is 5.69 Å². The summed E-state index contributed by atoms with van der Waals surface area (Å²) in [5.41, 5.74) is 1.83. The average molecular weight is 231 g/mol. The minimum Gasteiger partial charge on any atom is -0.477 e. The summed E-state index contributed by atoms with van der Waals surface area (Å²) in [7, 11) is 0. The van der Waals surface area contributed by atoms with E-state index in [1.165, 1.54) is 0 Å². The molecule has 0 unspecified atom stereocenters. The Morgan fingerprint density at radius 2 is 2.24 bits per heavy atom. The maximum absolute atomic E-state index is 11.2. The molecule has 0 radical (unpaired) electrons. The van der Waals surface area contributed by atoms with Gasteiger partial charge in [-0.05, 0) is 25.5 Å². The molecule has 0 bridgehead atoms. The number of aryl methyl sites for hydroxylation is 2. The van der Waals surface area contributed by atoms with Gasteiger partial charge in [0.15, 0.2) is 0 Å². The van der Waals surface area contributed by atoms with Gasteiger partial charge in [-0.1, -0.05) is 13.0 Å². The molecule has 0 saturated heterocycles. The van der Waals surface area contributed by atoms with Gasteiger partial charge in [0.25, 0.3) is 0 Å². The van der Waals surface area contributed by atoms with Crippen molar-refractivity contribution in [2.75, 3.05) is 0 Å². The van der Waals surface area contributed by atoms with Gasteiger partial charge >= 0.3 is 5.97 Å². The third-order valence-electron chi connectivity index (χ3n) is 2.71. The van der Waals surface area contributed by atoms with Crippen LogP contribution in [-0.4, -0.2) is 20.5 Å². The summed E-state index contributed by atoms with van der Waals surface area (Å²) in [6.45, 7) is 3.66. The minimum absolute atomic E-state index is 0.0145. The lowest BCUT2D eigenvalue weighted by atomic mass is 10.1. The van der Waals surface area contributed by atoms with Crippen LogP contribution in [-0.2, 0) is 6.42 Å². The second kappa shape index (κ2) is 4.01. The molecular formula is C12H13N3O2. The number of carbonyl (C=O) groups is 1. The number of pyridine rings is 1. The van der Waals surface area contributed by atoms with Crippen molar-refractivity contribution in [3.8, 4) is 0 Å². The van der Waals surface area contributed by atoms with E-state index in [9.17, 15) is 4.79 Å². The fourth-order valence-electron chi connectivity index (χ4n) is 1.90. The van der Waals surface area contributed by atoms with Gasteiger partial charge in [-0.2, -0.15) is 0 Å². The zero-order valence-corrected chi connectivity index (χ0v) is 9.69. The summed E-state index contributed by atoms with van der Waals surface area (Å²) in [6.07, 6.45) is 0.498. The first kappa shape index (κ1) is 11.3. The molecule has 5 nitrogen and oxygen atoms in total. The van der Waals surface area contributed by atoms with Gasteiger partial charge in [0.1, 0.15) is 16.7 Å². The molecule has 0 atom stereocenters. The largest absolute Gasteiger partial charge is 0.477 e. The Kier molecular flexibility index (Phi) is 2.67. The molecule has 2 aromatic rings. The first-order valence-electron chi connectivity index (χ1n) is 5.35. The standard InChI is InChI=1S/C12H13N3O2/c1-3-8-10(12(16)17)11(13)15-7(2)5-4-6-9(15)14-8/h4-6,13H,3H2,1-2H3,(H,16,17). The molecule has 5 heteroatoms. The van der Waals surface area contributed by atoms with Crippen molar-refractivity contribution >= 4 is 11.6 Å². The highest BCUT2D eigenvalue weighted by Gasteiger charge is 2.15. The molecule has 0 aliphatic carbocycles. The SMILES string of the molecule is CCc1nc2cccc(C)n2c(=N)c1C(=O)O. The number of aromatic carboxylic acids is 1. The molecule has 0 aromatic carbocycles. The Morgan fingerprint density at radius 3 is 2.82 bits per heavy atom. The maximum atomic E-state index is 11.2. The summed E-state index contributed by atoms with van der Waals surface area (Å²) >= 11 is 0. The van der Waals surface area contributed by atoms with Crippen LogP contribution in [0.5, 0.6) is 0 Å². The van der Waals surface area contributed by atoms with Crippen LogP contribution < -0.4 is 5.49 Å². The zero-order chi connectivity index (χ0) is 12.6. The normalized spacial score (nSPS) is 10.7. The summed E-state index contributed by atoms with van der Waals surface area (Å²) in [4.78, 5) is 15.5. The molecule has 0 spiro atoms. The fourth-order valence-corrected chi connectivity index (χ4v) is 1.90. The van der Waals surface area contributed by atoms with Crippen LogP contribution in [0.3, 0.4) is 0 Å². The lowest BCUT2D eigenvalue weighted by Crippen LogP contribution is -2.27. The van der Waals surface area contributed by atoms with Crippen LogP contribution >= 0.6 is 0 Å². The molecule has 2 N–H and O–H groups in total. The van der Waals surface area contributed by atoms with Crippen molar-refractivity contribution in [3.05, 3.63) is 40.6 Å². The number of carboxylic acids is 1. The van der Waals surface area contributed by atoms with Crippen LogP contribution in [0, 0.1) is 12.3 Å². The Labute approximate surface area is 97.9 Å². The van der Waals surface area contributed by atoms with E-state index in [2.05, 4.69) is 4.98 Å². The van der Waals surface area contributed by atoms with E-state index in [0.29, 0.717) is 17.8 Å². The lowest BCUT2D eigenvalue weighted by Gasteiger charge is -2.10. The Balaban J connectivity index is 3.00. The minimum atomic E-state index is -1.10. The number of aromatic nitrogens is 2. The van der Waals surface area contributed by atoms with Crippen molar-refractivity contribution in [1.29, 1.82) is 5.41 Å². The quantitative estimate of drug-likeness (QED) is 0.819. The topological polar surface area (TPSA) is 78.5 Å². The highest BCUT2D eigenvalue weighted by atomic mass is 16.4. The molecule has 0 aliphatic rings. The molecule has 88 valence electrons. The second-order valence-corrected chi connectivity index (χ2v) is 3.80. The maximum Gasteiger partial charge on any atom is 0.341 e. The third kappa shape index (κ3) is 1.69. The van der Waals surface area contributed by atoms with E-state index < -0.39 is 5.97 Å². The summed E-state index contributed by atoms with van der Waals surface area (Å²) in [6, 6.07) is 5.44. The fraction of sp³-hybridized carbons (Fsp3) is 0.250. The summed E-state index contributed by atoms with van der Waals surface area (Å²) in [5.74, 6) is -1.10. The Hall–Kier alpha value is -2.17. The lowest BCUT2D eigenvalue weighted by molar-refractivity contribution is 0.0692. The van der Waals surface area contributed by atoms with E-state index in [1.807, 2.05) is 26.0 Å². The number of nitrogens with one attached hydrogen (secondary N) is 1. The monoisotopic (exact) mass is 231 g/mol. The van der Waals surface area contributed by atoms with Gasteiger partial charge < -0.3 is 5.11 Å². The van der Waals surface area contributed by atoms with Crippen LogP contribution in [0.25, 0.3) is 5.65 Å². The summed E-state index contributed by atoms with van der Waals surface area (Å²) in [5, 5.41) is 17.2. The molecule has 0 amide bonds. The molecular weight excluding hydrogens is 218 g/mol. The van der Waals surface area contributed by atoms with Crippen LogP contribution in [0.2, 0.25) is 0 Å². The van der Waals surface area contributed by atoms with Crippen LogP contribution in [0.4, 0.5) is 0 Å². The van der Waals surface area contributed by atoms with Crippen molar-refractivity contribution < 1.29 is 9.90 Å². The van der Waals surface area contributed by atoms with Crippen molar-refractivity contribution in [3.63, 3.8) is 0 Å². The highest BCUT2D eigenvalue weighted by molar-refractivity contribution is 5.88. The summed E-state index contributed by atoms with van der Waals surface area (Å²) < 4.78 is 1.54. The Morgan fingerprint density at radius 1 is 1.53 bits per heavy atom. The molecule has 2 aromatic heterocycles. The van der Waals surface area contributed by atoms with Gasteiger partial charge in [-0.25, -0.2) is 9.78 Å². The second-order valence-electron chi connectivity index (χ2n) is 3.80. The molecule has 0 fully saturated rings. The Bertz CT molecular complexity index is 659. The van der Waals surface area contributed by atoms with E-state index >= 15 is 0 Å². The zero-order valence-electron chi connectivity index (χ0n) is 9.69. The van der Waals surface area contributed by atoms with E-state index in [-0.39, 0.29) is 11.1 Å². The van der Waals surface area contributed by atoms with Crippen LogP contribution in [0.15, 0.2) is 18.2 Å². The molecule has 2 rings (SSSR count). The number of hydrogen-bond acceptors (Lipinski definition) is 3. The first-order valence-corrected chi connectivity index (χ1v) is 5.35. The number of carboxylic acid groups (broad SMARTS) is 1. The predicted octanol–water partition coefficient (Wildman–Crippen LogP) is 1.38. The smallest absolute Gasteiger partial charge is 0.341 e. The average Bonchev–Trinajstić information content (AvgIpc) is 2.27. The number of rotatable bonds is 2. The van der Waals surface area contributed by atoms with Crippen molar-refractivity contribution in [1.82, 2.24) is 9.38 Å². The molecule has 2 heterocycles. The van der Waals surface area contributed by atoms with Gasteiger partial charge in [-0.15, -0.1) is 0 Å². The number of nitrogens with zero attached hydrogens (tertiary/aromatic N) is 2. The van der Waals surface area contributed by atoms with Gasteiger partial charge in [0.2, 0.25) is 0 Å². The van der Waals surface area contributed by atoms with Crippen molar-refractivity contribution in [2.24, 2.45) is 0 Å². The predicted molar refractivity (Wildman–Crippen MR) is 62.1 cm³/mol. The molecule has 17 heavy (non-hydrogen) atoms. The highest BCUT2D eigenvalue weighted by Crippen LogP contribution is 2.07. The first-order chi connectivity index (χ1) is 8.06. The van der Waals surface area contributed by atoms with Gasteiger partial charge in [0, 0.05) is 5.69 Å². The van der Waals surface area contributed by atoms with E-state index in [1.54, 1.807) is 10.5 Å². The van der Waals surface area contributed by atoms with Gasteiger partial charge in [-0.3, -0.25) is 9.81 Å². The molecule has 0 aliphatic heterocycles. The van der Waals surface area contributed by atoms with Crippen LogP contribution in [0.1, 0.15) is 28.7 Å².